The van der Waals surface area contributed by atoms with Crippen molar-refractivity contribution in [3.05, 3.63) is 46.9 Å². The first-order chi connectivity index (χ1) is 6.86. The van der Waals surface area contributed by atoms with Crippen LogP contribution in [0.2, 0.25) is 0 Å². The lowest BCUT2D eigenvalue weighted by Gasteiger charge is -2.01. The number of fused-ring (bicyclic) bond motifs is 1. The number of carbonyl (C=O) groups is 1. The average molecular weight is 185 g/mol. The molecule has 0 saturated heterocycles. The Bertz CT molecular complexity index is 506. The summed E-state index contributed by atoms with van der Waals surface area (Å²) in [5, 5.41) is 4.51. The normalized spacial score (nSPS) is 10.0. The van der Waals surface area contributed by atoms with Crippen LogP contribution in [0.25, 0.3) is 10.8 Å². The van der Waals surface area contributed by atoms with Crippen molar-refractivity contribution in [2.45, 2.75) is 0 Å². The molecule has 14 heavy (non-hydrogen) atoms. The maximum Gasteiger partial charge on any atom is 0.152 e. The van der Waals surface area contributed by atoms with Crippen molar-refractivity contribution >= 4 is 22.7 Å². The van der Waals surface area contributed by atoms with Gasteiger partial charge in [-0.1, -0.05) is 30.3 Å². The maximum atomic E-state index is 10.6. The third-order valence-electron chi connectivity index (χ3n) is 2.15. The summed E-state index contributed by atoms with van der Waals surface area (Å²) in [6, 6.07) is 10.7. The molecule has 0 aromatic heterocycles. The molecule has 0 aliphatic carbocycles. The number of aldehydes is 1. The molecule has 2 rings (SSSR count). The van der Waals surface area contributed by atoms with Gasteiger partial charge in [-0.3, -0.25) is 4.79 Å². The van der Waals surface area contributed by atoms with E-state index in [0.717, 1.165) is 5.39 Å². The van der Waals surface area contributed by atoms with Crippen molar-refractivity contribution in [1.82, 2.24) is 0 Å². The monoisotopic (exact) mass is 185 g/mol. The zero-order chi connectivity index (χ0) is 9.97. The second-order valence-electron chi connectivity index (χ2n) is 2.93. The predicted molar refractivity (Wildman–Crippen MR) is 54.8 cm³/mol. The van der Waals surface area contributed by atoms with Crippen LogP contribution in [0.5, 0.6) is 0 Å². The molecule has 0 fully saturated rings. The van der Waals surface area contributed by atoms with Gasteiger partial charge in [-0.15, -0.1) is 4.91 Å². The first-order valence-corrected chi connectivity index (χ1v) is 4.17. The lowest BCUT2D eigenvalue weighted by molar-refractivity contribution is 0.112. The number of nitroso groups, excluding NO2 is 1. The summed E-state index contributed by atoms with van der Waals surface area (Å²) in [6.07, 6.45) is 0.642. The molecule has 0 heterocycles. The van der Waals surface area contributed by atoms with E-state index in [9.17, 15) is 9.70 Å². The van der Waals surface area contributed by atoms with Crippen LogP contribution >= 0.6 is 0 Å². The van der Waals surface area contributed by atoms with Crippen molar-refractivity contribution < 1.29 is 4.79 Å². The number of benzene rings is 2. The topological polar surface area (TPSA) is 46.5 Å². The molecule has 0 amide bonds. The van der Waals surface area contributed by atoms with Gasteiger partial charge in [-0.25, -0.2) is 0 Å². The minimum Gasteiger partial charge on any atom is -0.298 e. The molecule has 0 bridgehead atoms. The molecule has 3 heteroatoms. The highest BCUT2D eigenvalue weighted by molar-refractivity contribution is 6.00. The van der Waals surface area contributed by atoms with Crippen LogP contribution in [-0.2, 0) is 0 Å². The Morgan fingerprint density at radius 2 is 1.86 bits per heavy atom. The molecule has 0 aliphatic rings. The highest BCUT2D eigenvalue weighted by atomic mass is 16.3. The van der Waals surface area contributed by atoms with Crippen LogP contribution in [-0.4, -0.2) is 6.29 Å². The molecule has 0 saturated carbocycles. The first-order valence-electron chi connectivity index (χ1n) is 4.17. The summed E-state index contributed by atoms with van der Waals surface area (Å²) in [5.41, 5.74) is 0.553. The Morgan fingerprint density at radius 3 is 2.57 bits per heavy atom. The zero-order valence-electron chi connectivity index (χ0n) is 7.31. The molecule has 68 valence electrons. The fraction of sp³-hybridized carbons (Fsp3) is 0. The minimum absolute atomic E-state index is 0.220. The zero-order valence-corrected chi connectivity index (χ0v) is 7.31. The third-order valence-corrected chi connectivity index (χ3v) is 2.15. The van der Waals surface area contributed by atoms with E-state index < -0.39 is 0 Å². The molecule has 0 atom stereocenters. The highest BCUT2D eigenvalue weighted by Crippen LogP contribution is 2.28. The molecular formula is C11H7NO2. The number of hydrogen-bond acceptors (Lipinski definition) is 3. The number of carbonyl (C=O) groups excluding carboxylic acids is 1. The molecule has 0 N–H and O–H groups in total. The van der Waals surface area contributed by atoms with Gasteiger partial charge in [0.25, 0.3) is 0 Å². The van der Waals surface area contributed by atoms with Crippen molar-refractivity contribution in [1.29, 1.82) is 0 Å². The van der Waals surface area contributed by atoms with Gasteiger partial charge >= 0.3 is 0 Å². The Morgan fingerprint density at radius 1 is 1.07 bits per heavy atom. The molecule has 0 aliphatic heterocycles. The molecular weight excluding hydrogens is 178 g/mol. The van der Waals surface area contributed by atoms with Crippen LogP contribution in [0, 0.1) is 4.91 Å². The molecule has 0 radical (unpaired) electrons. The van der Waals surface area contributed by atoms with Crippen molar-refractivity contribution in [3.8, 4) is 0 Å². The summed E-state index contributed by atoms with van der Waals surface area (Å²) in [7, 11) is 0. The van der Waals surface area contributed by atoms with E-state index in [-0.39, 0.29) is 5.69 Å². The summed E-state index contributed by atoms with van der Waals surface area (Å²) in [4.78, 5) is 21.2. The number of hydrogen-bond donors (Lipinski definition) is 0. The number of nitrogens with zero attached hydrogens (tertiary/aromatic N) is 1. The van der Waals surface area contributed by atoms with Gasteiger partial charge in [0.05, 0.1) is 0 Å². The van der Waals surface area contributed by atoms with E-state index in [4.69, 9.17) is 0 Å². The van der Waals surface area contributed by atoms with Gasteiger partial charge in [0.2, 0.25) is 0 Å². The standard InChI is InChI=1S/C11H7NO2/c13-7-9-6-5-8-3-1-2-4-10(8)11(9)12-14/h1-7H. The van der Waals surface area contributed by atoms with E-state index >= 15 is 0 Å². The smallest absolute Gasteiger partial charge is 0.152 e. The largest absolute Gasteiger partial charge is 0.298 e. The average Bonchev–Trinajstić information content (AvgIpc) is 2.27. The van der Waals surface area contributed by atoms with Crippen LogP contribution < -0.4 is 0 Å². The van der Waals surface area contributed by atoms with E-state index in [1.807, 2.05) is 18.2 Å². The van der Waals surface area contributed by atoms with Crippen molar-refractivity contribution in [2.24, 2.45) is 5.18 Å². The van der Waals surface area contributed by atoms with Crippen molar-refractivity contribution in [3.63, 3.8) is 0 Å². The quantitative estimate of drug-likeness (QED) is 0.533. The van der Waals surface area contributed by atoms with Gasteiger partial charge in [-0.05, 0) is 16.6 Å². The lowest BCUT2D eigenvalue weighted by Crippen LogP contribution is -1.82. The Kier molecular flexibility index (Phi) is 2.07. The van der Waals surface area contributed by atoms with E-state index in [0.29, 0.717) is 17.2 Å². The van der Waals surface area contributed by atoms with E-state index in [2.05, 4.69) is 5.18 Å². The van der Waals surface area contributed by atoms with Gasteiger partial charge < -0.3 is 0 Å². The Balaban J connectivity index is 2.90. The summed E-state index contributed by atoms with van der Waals surface area (Å²) in [5.74, 6) is 0. The molecule has 2 aromatic rings. The Labute approximate surface area is 80.3 Å². The van der Waals surface area contributed by atoms with Crippen LogP contribution in [0.15, 0.2) is 41.6 Å². The Hall–Kier alpha value is -2.03. The second-order valence-corrected chi connectivity index (χ2v) is 2.93. The molecule has 0 unspecified atom stereocenters. The van der Waals surface area contributed by atoms with Gasteiger partial charge in [0, 0.05) is 10.9 Å². The lowest BCUT2D eigenvalue weighted by atomic mass is 10.1. The molecule has 2 aromatic carbocycles. The summed E-state index contributed by atoms with van der Waals surface area (Å²) in [6.45, 7) is 0. The fourth-order valence-electron chi connectivity index (χ4n) is 1.47. The van der Waals surface area contributed by atoms with Gasteiger partial charge in [0.1, 0.15) is 5.69 Å². The maximum absolute atomic E-state index is 10.6. The SMILES string of the molecule is O=Cc1ccc2ccccc2c1N=O. The highest BCUT2D eigenvalue weighted by Gasteiger charge is 2.06. The van der Waals surface area contributed by atoms with E-state index in [1.54, 1.807) is 18.2 Å². The van der Waals surface area contributed by atoms with Crippen LogP contribution in [0.4, 0.5) is 5.69 Å². The minimum atomic E-state index is 0.220. The fourth-order valence-corrected chi connectivity index (χ4v) is 1.47. The van der Waals surface area contributed by atoms with E-state index in [1.165, 1.54) is 0 Å². The summed E-state index contributed by atoms with van der Waals surface area (Å²) >= 11 is 0. The van der Waals surface area contributed by atoms with Gasteiger partial charge in [-0.2, -0.15) is 0 Å². The second kappa shape index (κ2) is 3.38. The van der Waals surface area contributed by atoms with Crippen molar-refractivity contribution in [2.75, 3.05) is 0 Å². The van der Waals surface area contributed by atoms with Crippen LogP contribution in [0.3, 0.4) is 0 Å². The molecule has 3 nitrogen and oxygen atoms in total. The predicted octanol–water partition coefficient (Wildman–Crippen LogP) is 3.05. The third kappa shape index (κ3) is 1.19. The van der Waals surface area contributed by atoms with Gasteiger partial charge in [0.15, 0.2) is 6.29 Å². The van der Waals surface area contributed by atoms with Crippen LogP contribution in [0.1, 0.15) is 10.4 Å². The summed E-state index contributed by atoms with van der Waals surface area (Å²) < 4.78 is 0. The molecule has 0 spiro atoms. The first kappa shape index (κ1) is 8.56. The number of rotatable bonds is 2.